The molecule has 2 rings (SSSR count). The normalized spacial score (nSPS) is 21.9. The summed E-state index contributed by atoms with van der Waals surface area (Å²) in [6.07, 6.45) is 2.78. The lowest BCUT2D eigenvalue weighted by Gasteiger charge is -2.36. The minimum atomic E-state index is -0.259. The molecule has 6 nitrogen and oxygen atoms in total. The van der Waals surface area contributed by atoms with Crippen LogP contribution in [-0.4, -0.2) is 49.9 Å². The molecule has 0 spiro atoms. The molecule has 1 saturated heterocycles. The molecule has 2 unspecified atom stereocenters. The van der Waals surface area contributed by atoms with Gasteiger partial charge in [-0.2, -0.15) is 0 Å². The number of nitrogens with one attached hydrogen (secondary N) is 1. The maximum Gasteiger partial charge on any atom is 0.340 e. The first-order valence-corrected chi connectivity index (χ1v) is 7.96. The Morgan fingerprint density at radius 2 is 2.32 bits per heavy atom. The highest BCUT2D eigenvalue weighted by Gasteiger charge is 2.28. The van der Waals surface area contributed by atoms with Crippen LogP contribution in [0, 0.1) is 6.92 Å². The number of aryl methyl sites for hydroxylation is 1. The lowest BCUT2D eigenvalue weighted by Crippen LogP contribution is -2.51. The predicted molar refractivity (Wildman–Crippen MR) is 86.3 cm³/mol. The molecule has 0 saturated carbocycles. The molecule has 6 heteroatoms. The van der Waals surface area contributed by atoms with Crippen LogP contribution in [0.3, 0.4) is 0 Å². The van der Waals surface area contributed by atoms with Crippen molar-refractivity contribution in [3.8, 4) is 0 Å². The molecule has 1 aliphatic heterocycles. The van der Waals surface area contributed by atoms with E-state index in [1.165, 1.54) is 0 Å². The van der Waals surface area contributed by atoms with Crippen molar-refractivity contribution in [1.82, 2.24) is 4.98 Å². The number of piperidine rings is 1. The molecule has 2 atom stereocenters. The fraction of sp³-hybridized carbons (Fsp3) is 0.688. The smallest absolute Gasteiger partial charge is 0.340 e. The monoisotopic (exact) mass is 309 g/mol. The number of hydrogen-bond acceptors (Lipinski definition) is 5. The van der Waals surface area contributed by atoms with E-state index in [4.69, 9.17) is 15.2 Å². The quantitative estimate of drug-likeness (QED) is 0.619. The number of aromatic nitrogens is 1. The number of H-pyrrole nitrogens is 1. The largest absolute Gasteiger partial charge is 0.462 e. The van der Waals surface area contributed by atoms with Crippen molar-refractivity contribution in [3.63, 3.8) is 0 Å². The molecule has 0 bridgehead atoms. The van der Waals surface area contributed by atoms with Crippen molar-refractivity contribution in [1.29, 1.82) is 0 Å². The van der Waals surface area contributed by atoms with Crippen LogP contribution in [0.15, 0.2) is 6.07 Å². The molecular weight excluding hydrogens is 282 g/mol. The van der Waals surface area contributed by atoms with Gasteiger partial charge in [0.2, 0.25) is 0 Å². The van der Waals surface area contributed by atoms with Crippen molar-refractivity contribution in [2.45, 2.75) is 45.3 Å². The number of nitrogens with two attached hydrogens (primary N) is 1. The third-order valence-electron chi connectivity index (χ3n) is 4.21. The summed E-state index contributed by atoms with van der Waals surface area (Å²) < 4.78 is 10.7. The lowest BCUT2D eigenvalue weighted by molar-refractivity contribution is 0.0499. The zero-order valence-electron chi connectivity index (χ0n) is 13.7. The van der Waals surface area contributed by atoms with E-state index in [0.717, 1.165) is 43.9 Å². The van der Waals surface area contributed by atoms with Crippen LogP contribution in [-0.2, 0) is 9.47 Å². The number of anilines is 1. The number of nitrogens with zero attached hydrogens (tertiary/aromatic N) is 1. The molecule has 0 aromatic carbocycles. The molecular formula is C16H27N3O3. The second kappa shape index (κ2) is 7.65. The van der Waals surface area contributed by atoms with Gasteiger partial charge < -0.3 is 25.1 Å². The Labute approximate surface area is 132 Å². The highest BCUT2D eigenvalue weighted by atomic mass is 16.5. The topological polar surface area (TPSA) is 80.6 Å². The maximum atomic E-state index is 12.1. The number of hydrogen-bond donors (Lipinski definition) is 2. The van der Waals surface area contributed by atoms with Gasteiger partial charge in [-0.25, -0.2) is 4.79 Å². The van der Waals surface area contributed by atoms with Gasteiger partial charge in [-0.15, -0.1) is 0 Å². The summed E-state index contributed by atoms with van der Waals surface area (Å²) in [7, 11) is 1.69. The summed E-state index contributed by atoms with van der Waals surface area (Å²) in [6, 6.07) is 1.93. The Hall–Kier alpha value is -1.53. The first kappa shape index (κ1) is 16.8. The standard InChI is InChI=1S/C16H27N3O3/c1-4-5-8-22-16(20)12-9-15(18-11(12)2)19-7-6-13(17)14(10-19)21-3/h9,13-14,18H,4-8,10,17H2,1-3H3. The van der Waals surface area contributed by atoms with Crippen LogP contribution >= 0.6 is 0 Å². The number of aromatic amines is 1. The Morgan fingerprint density at radius 1 is 1.55 bits per heavy atom. The van der Waals surface area contributed by atoms with Crippen molar-refractivity contribution in [3.05, 3.63) is 17.3 Å². The summed E-state index contributed by atoms with van der Waals surface area (Å²) in [6.45, 7) is 6.01. The van der Waals surface area contributed by atoms with Gasteiger partial charge in [-0.05, 0) is 25.8 Å². The average Bonchev–Trinajstić information content (AvgIpc) is 2.90. The number of methoxy groups -OCH3 is 1. The Balaban J connectivity index is 2.04. The number of carbonyl (C=O) groups excluding carboxylic acids is 1. The summed E-state index contributed by atoms with van der Waals surface area (Å²) >= 11 is 0. The number of ether oxygens (including phenoxy) is 2. The number of rotatable bonds is 6. The minimum Gasteiger partial charge on any atom is -0.462 e. The van der Waals surface area contributed by atoms with Crippen molar-refractivity contribution in [2.24, 2.45) is 5.73 Å². The molecule has 1 aromatic rings. The van der Waals surface area contributed by atoms with Crippen LogP contribution < -0.4 is 10.6 Å². The SMILES string of the molecule is CCCCOC(=O)c1cc(N2CCC(N)C(OC)C2)[nH]c1C. The number of carbonyl (C=O) groups is 1. The van der Waals surface area contributed by atoms with Gasteiger partial charge in [0, 0.05) is 31.9 Å². The van der Waals surface area contributed by atoms with Gasteiger partial charge in [-0.1, -0.05) is 13.3 Å². The number of unbranched alkanes of at least 4 members (excludes halogenated alkanes) is 1. The summed E-state index contributed by atoms with van der Waals surface area (Å²) in [4.78, 5) is 17.6. The molecule has 124 valence electrons. The average molecular weight is 309 g/mol. The van der Waals surface area contributed by atoms with Crippen LogP contribution in [0.1, 0.15) is 42.2 Å². The van der Waals surface area contributed by atoms with Gasteiger partial charge in [0.25, 0.3) is 0 Å². The third-order valence-corrected chi connectivity index (χ3v) is 4.21. The molecule has 1 aliphatic rings. The second-order valence-corrected chi connectivity index (χ2v) is 5.86. The summed E-state index contributed by atoms with van der Waals surface area (Å²) in [5, 5.41) is 0. The van der Waals surface area contributed by atoms with Crippen molar-refractivity contribution in [2.75, 3.05) is 31.7 Å². The van der Waals surface area contributed by atoms with Crippen LogP contribution in [0.5, 0.6) is 0 Å². The first-order valence-electron chi connectivity index (χ1n) is 7.96. The lowest BCUT2D eigenvalue weighted by atomic mass is 10.0. The van der Waals surface area contributed by atoms with Crippen LogP contribution in [0.4, 0.5) is 5.82 Å². The van der Waals surface area contributed by atoms with E-state index in [-0.39, 0.29) is 18.1 Å². The Bertz CT molecular complexity index is 501. The fourth-order valence-electron chi connectivity index (χ4n) is 2.71. The Morgan fingerprint density at radius 3 is 3.00 bits per heavy atom. The van der Waals surface area contributed by atoms with Crippen LogP contribution in [0.2, 0.25) is 0 Å². The zero-order chi connectivity index (χ0) is 16.1. The predicted octanol–water partition coefficient (Wildman–Crippen LogP) is 1.83. The Kier molecular flexibility index (Phi) is 5.85. The molecule has 3 N–H and O–H groups in total. The van der Waals surface area contributed by atoms with E-state index in [0.29, 0.717) is 12.2 Å². The van der Waals surface area contributed by atoms with E-state index in [2.05, 4.69) is 16.8 Å². The summed E-state index contributed by atoms with van der Waals surface area (Å²) in [5.74, 6) is 0.666. The van der Waals surface area contributed by atoms with E-state index in [1.54, 1.807) is 7.11 Å². The van der Waals surface area contributed by atoms with Crippen molar-refractivity contribution >= 4 is 11.8 Å². The van der Waals surface area contributed by atoms with Gasteiger partial charge >= 0.3 is 5.97 Å². The van der Waals surface area contributed by atoms with E-state index in [1.807, 2.05) is 13.0 Å². The molecule has 0 amide bonds. The molecule has 2 heterocycles. The summed E-state index contributed by atoms with van der Waals surface area (Å²) in [5.41, 5.74) is 7.49. The van der Waals surface area contributed by atoms with Crippen molar-refractivity contribution < 1.29 is 14.3 Å². The zero-order valence-corrected chi connectivity index (χ0v) is 13.7. The van der Waals surface area contributed by atoms with Gasteiger partial charge in [-0.3, -0.25) is 0 Å². The van der Waals surface area contributed by atoms with Crippen LogP contribution in [0.25, 0.3) is 0 Å². The number of esters is 1. The first-order chi connectivity index (χ1) is 10.6. The third kappa shape index (κ3) is 3.81. The van der Waals surface area contributed by atoms with E-state index >= 15 is 0 Å². The van der Waals surface area contributed by atoms with Gasteiger partial charge in [0.1, 0.15) is 5.82 Å². The van der Waals surface area contributed by atoms with Gasteiger partial charge in [0.15, 0.2) is 0 Å². The highest BCUT2D eigenvalue weighted by Crippen LogP contribution is 2.23. The van der Waals surface area contributed by atoms with E-state index < -0.39 is 0 Å². The molecule has 0 radical (unpaired) electrons. The minimum absolute atomic E-state index is 0.0114. The van der Waals surface area contributed by atoms with Gasteiger partial charge in [0.05, 0.1) is 18.3 Å². The maximum absolute atomic E-state index is 12.1. The fourth-order valence-corrected chi connectivity index (χ4v) is 2.71. The van der Waals surface area contributed by atoms with E-state index in [9.17, 15) is 4.79 Å². The highest BCUT2D eigenvalue weighted by molar-refractivity contribution is 5.92. The molecule has 0 aliphatic carbocycles. The second-order valence-electron chi connectivity index (χ2n) is 5.86. The molecule has 1 fully saturated rings. The molecule has 22 heavy (non-hydrogen) atoms. The molecule has 1 aromatic heterocycles.